The van der Waals surface area contributed by atoms with Crippen LogP contribution in [-0.4, -0.2) is 39.1 Å². The van der Waals surface area contributed by atoms with Crippen LogP contribution in [0.4, 0.5) is 0 Å². The lowest BCUT2D eigenvalue weighted by Crippen LogP contribution is -2.15. The molecule has 0 unspecified atom stereocenters. The van der Waals surface area contributed by atoms with E-state index >= 15 is 0 Å². The van der Waals surface area contributed by atoms with Crippen molar-refractivity contribution in [1.82, 2.24) is 0 Å². The molecule has 0 aliphatic rings. The molecule has 0 saturated heterocycles. The third kappa shape index (κ3) is 3.79. The Morgan fingerprint density at radius 1 is 1.14 bits per heavy atom. The number of ether oxygens (including phenoxy) is 2. The molecule has 0 spiro atoms. The Balaban J connectivity index is 3.74. The highest BCUT2D eigenvalue weighted by Crippen LogP contribution is 2.25. The minimum atomic E-state index is -4.60. The predicted octanol–water partition coefficient (Wildman–Crippen LogP) is 1.46. The maximum atomic E-state index is 11.8. The molecule has 116 valence electrons. The molecule has 8 heteroatoms. The molecule has 1 rings (SSSR count). The average Bonchev–Trinajstić information content (AvgIpc) is 2.44. The summed E-state index contributed by atoms with van der Waals surface area (Å²) in [5.74, 6) is -1.62. The number of rotatable bonds is 5. The molecule has 0 aliphatic heterocycles. The molecule has 7 nitrogen and oxygen atoms in total. The summed E-state index contributed by atoms with van der Waals surface area (Å²) in [6.45, 7) is 1.78. The van der Waals surface area contributed by atoms with Gasteiger partial charge in [-0.15, -0.1) is 0 Å². The van der Waals surface area contributed by atoms with Crippen LogP contribution in [0.3, 0.4) is 0 Å². The molecule has 1 N–H and O–H groups in total. The van der Waals surface area contributed by atoms with E-state index < -0.39 is 27.0 Å². The summed E-state index contributed by atoms with van der Waals surface area (Å²) in [4.78, 5) is 22.9. The van der Waals surface area contributed by atoms with E-state index in [9.17, 15) is 22.6 Å². The van der Waals surface area contributed by atoms with Crippen molar-refractivity contribution in [3.05, 3.63) is 28.8 Å². The van der Waals surface area contributed by atoms with Gasteiger partial charge in [-0.3, -0.25) is 4.55 Å². The fourth-order valence-corrected chi connectivity index (χ4v) is 2.71. The second kappa shape index (κ2) is 6.68. The van der Waals surface area contributed by atoms with Gasteiger partial charge in [-0.05, 0) is 24.1 Å². The van der Waals surface area contributed by atoms with Gasteiger partial charge < -0.3 is 9.47 Å². The first kappa shape index (κ1) is 17.1. The molecule has 0 saturated carbocycles. The zero-order chi connectivity index (χ0) is 16.2. The Bertz CT molecular complexity index is 661. The molecule has 1 aromatic rings. The van der Waals surface area contributed by atoms with Crippen molar-refractivity contribution in [2.45, 2.75) is 24.7 Å². The first-order chi connectivity index (χ1) is 9.76. The second-order valence-corrected chi connectivity index (χ2v) is 5.60. The summed E-state index contributed by atoms with van der Waals surface area (Å²) in [6.07, 6.45) is 0.755. The number of benzene rings is 1. The minimum absolute atomic E-state index is 0.0881. The number of methoxy groups -OCH3 is 2. The smallest absolute Gasteiger partial charge is 0.338 e. The van der Waals surface area contributed by atoms with Gasteiger partial charge in [-0.1, -0.05) is 13.3 Å². The highest BCUT2D eigenvalue weighted by molar-refractivity contribution is 7.85. The van der Waals surface area contributed by atoms with E-state index in [1.54, 1.807) is 6.92 Å². The molecule has 0 amide bonds. The van der Waals surface area contributed by atoms with Crippen molar-refractivity contribution >= 4 is 22.1 Å². The second-order valence-electron chi connectivity index (χ2n) is 4.21. The molecule has 21 heavy (non-hydrogen) atoms. The number of carbonyl (C=O) groups is 2. The van der Waals surface area contributed by atoms with Crippen LogP contribution < -0.4 is 0 Å². The van der Waals surface area contributed by atoms with E-state index in [2.05, 4.69) is 9.47 Å². The molecule has 0 atom stereocenters. The maximum Gasteiger partial charge on any atom is 0.338 e. The van der Waals surface area contributed by atoms with Crippen molar-refractivity contribution in [3.8, 4) is 0 Å². The van der Waals surface area contributed by atoms with Crippen molar-refractivity contribution < 1.29 is 32.0 Å². The van der Waals surface area contributed by atoms with Gasteiger partial charge >= 0.3 is 11.9 Å². The van der Waals surface area contributed by atoms with Crippen molar-refractivity contribution in [2.75, 3.05) is 14.2 Å². The Kier molecular flexibility index (Phi) is 5.45. The van der Waals surface area contributed by atoms with Crippen LogP contribution in [0, 0.1) is 0 Å². The third-order valence-corrected chi connectivity index (χ3v) is 3.73. The SMILES string of the molecule is CCCc1c(C(=O)OC)cc(C(=O)OC)cc1S(=O)(=O)O. The van der Waals surface area contributed by atoms with E-state index in [1.165, 1.54) is 6.07 Å². The number of carbonyl (C=O) groups excluding carboxylic acids is 2. The zero-order valence-corrected chi connectivity index (χ0v) is 12.7. The summed E-state index contributed by atoms with van der Waals surface area (Å²) >= 11 is 0. The van der Waals surface area contributed by atoms with Crippen LogP contribution in [0.2, 0.25) is 0 Å². The maximum absolute atomic E-state index is 11.8. The lowest BCUT2D eigenvalue weighted by atomic mass is 10.00. The topological polar surface area (TPSA) is 107 Å². The van der Waals surface area contributed by atoms with Gasteiger partial charge in [0.2, 0.25) is 0 Å². The van der Waals surface area contributed by atoms with Gasteiger partial charge in [-0.25, -0.2) is 9.59 Å². The molecule has 0 radical (unpaired) electrons. The molecular weight excluding hydrogens is 300 g/mol. The van der Waals surface area contributed by atoms with E-state index in [4.69, 9.17) is 0 Å². The normalized spacial score (nSPS) is 11.0. The van der Waals surface area contributed by atoms with Gasteiger partial charge in [0.25, 0.3) is 10.1 Å². The summed E-state index contributed by atoms with van der Waals surface area (Å²) in [5.41, 5.74) is -0.139. The van der Waals surface area contributed by atoms with Crippen molar-refractivity contribution in [3.63, 3.8) is 0 Å². The Morgan fingerprint density at radius 3 is 2.14 bits per heavy atom. The molecular formula is C13H16O7S. The Hall–Kier alpha value is -1.93. The first-order valence-corrected chi connectivity index (χ1v) is 7.51. The standard InChI is InChI=1S/C13H16O7S/c1-4-5-9-10(13(15)20-3)6-8(12(14)19-2)7-11(9)21(16,17)18/h6-7H,4-5H2,1-3H3,(H,16,17,18). The highest BCUT2D eigenvalue weighted by Gasteiger charge is 2.25. The van der Waals surface area contributed by atoms with Crippen molar-refractivity contribution in [2.24, 2.45) is 0 Å². The van der Waals surface area contributed by atoms with Crippen LogP contribution in [0.25, 0.3) is 0 Å². The lowest BCUT2D eigenvalue weighted by molar-refractivity contribution is 0.0597. The molecule has 0 bridgehead atoms. The van der Waals surface area contributed by atoms with E-state index in [0.717, 1.165) is 20.3 Å². The van der Waals surface area contributed by atoms with Crippen LogP contribution in [0.15, 0.2) is 17.0 Å². The summed E-state index contributed by atoms with van der Waals surface area (Å²) in [6, 6.07) is 2.18. The molecule has 0 fully saturated rings. The van der Waals surface area contributed by atoms with Crippen LogP contribution in [0.5, 0.6) is 0 Å². The van der Waals surface area contributed by atoms with E-state index in [1.807, 2.05) is 0 Å². The monoisotopic (exact) mass is 316 g/mol. The average molecular weight is 316 g/mol. The van der Waals surface area contributed by atoms with Gasteiger partial charge in [0.15, 0.2) is 0 Å². The predicted molar refractivity (Wildman–Crippen MR) is 72.9 cm³/mol. The fraction of sp³-hybridized carbons (Fsp3) is 0.385. The van der Waals surface area contributed by atoms with E-state index in [0.29, 0.717) is 6.42 Å². The Morgan fingerprint density at radius 2 is 1.71 bits per heavy atom. The van der Waals surface area contributed by atoms with E-state index in [-0.39, 0.29) is 23.1 Å². The number of hydrogen-bond donors (Lipinski definition) is 1. The van der Waals surface area contributed by atoms with Gasteiger partial charge in [0.1, 0.15) is 0 Å². The quantitative estimate of drug-likeness (QED) is 0.647. The Labute approximate surface area is 122 Å². The zero-order valence-electron chi connectivity index (χ0n) is 11.9. The van der Waals surface area contributed by atoms with Crippen LogP contribution in [0.1, 0.15) is 39.6 Å². The van der Waals surface area contributed by atoms with Crippen molar-refractivity contribution in [1.29, 1.82) is 0 Å². The summed E-state index contributed by atoms with van der Waals surface area (Å²) in [7, 11) is -2.35. The number of esters is 2. The summed E-state index contributed by atoms with van der Waals surface area (Å²) in [5, 5.41) is 0. The lowest BCUT2D eigenvalue weighted by Gasteiger charge is -2.13. The number of hydrogen-bond acceptors (Lipinski definition) is 6. The molecule has 0 heterocycles. The highest BCUT2D eigenvalue weighted by atomic mass is 32.2. The largest absolute Gasteiger partial charge is 0.465 e. The first-order valence-electron chi connectivity index (χ1n) is 6.07. The van der Waals surface area contributed by atoms with Gasteiger partial charge in [0.05, 0.1) is 30.2 Å². The fourth-order valence-electron chi connectivity index (χ4n) is 1.91. The molecule has 0 aliphatic carbocycles. The van der Waals surface area contributed by atoms with Gasteiger partial charge in [0, 0.05) is 0 Å². The molecule has 0 aromatic heterocycles. The minimum Gasteiger partial charge on any atom is -0.465 e. The van der Waals surface area contributed by atoms with Gasteiger partial charge in [-0.2, -0.15) is 8.42 Å². The van der Waals surface area contributed by atoms with Crippen LogP contribution in [-0.2, 0) is 26.0 Å². The molecule has 1 aromatic carbocycles. The van der Waals surface area contributed by atoms with Crippen LogP contribution >= 0.6 is 0 Å². The third-order valence-electron chi connectivity index (χ3n) is 2.81. The summed E-state index contributed by atoms with van der Waals surface area (Å²) < 4.78 is 41.4.